The number of rotatable bonds is 2. The van der Waals surface area contributed by atoms with E-state index in [1.165, 1.54) is 0 Å². The van der Waals surface area contributed by atoms with Crippen molar-refractivity contribution in [3.63, 3.8) is 0 Å². The molecule has 0 heterocycles. The van der Waals surface area contributed by atoms with Crippen LogP contribution in [-0.4, -0.2) is 12.5 Å². The van der Waals surface area contributed by atoms with Crippen LogP contribution in [0.5, 0.6) is 0 Å². The molecule has 0 saturated carbocycles. The predicted molar refractivity (Wildman–Crippen MR) is 72.8 cm³/mol. The van der Waals surface area contributed by atoms with Gasteiger partial charge in [-0.2, -0.15) is 0 Å². The average Bonchev–Trinajstić information content (AvgIpc) is 2.45. The molecule has 0 aliphatic heterocycles. The quantitative estimate of drug-likeness (QED) is 0.623. The van der Waals surface area contributed by atoms with E-state index >= 15 is 0 Å². The molecule has 2 rings (SSSR count). The van der Waals surface area contributed by atoms with E-state index in [1.54, 1.807) is 0 Å². The molecule has 1 amide bonds. The molecule has 0 unspecified atom stereocenters. The van der Waals surface area contributed by atoms with Gasteiger partial charge < -0.3 is 5.32 Å². The Morgan fingerprint density at radius 1 is 1.28 bits per heavy atom. The molecular weight excluding hydrogens is 222 g/mol. The van der Waals surface area contributed by atoms with Crippen LogP contribution >= 0.6 is 0 Å². The van der Waals surface area contributed by atoms with Crippen molar-refractivity contribution in [2.24, 2.45) is 5.92 Å². The number of nitrogens with one attached hydrogen (secondary N) is 1. The second-order valence-electron chi connectivity index (χ2n) is 4.37. The summed E-state index contributed by atoms with van der Waals surface area (Å²) in [5, 5.41) is 2.88. The maximum Gasteiger partial charge on any atom is 0.224 e. The third-order valence-electron chi connectivity index (χ3n) is 3.00. The molecule has 0 spiro atoms. The minimum Gasteiger partial charge on any atom is -0.345 e. The highest BCUT2D eigenvalue weighted by Gasteiger charge is 2.17. The third-order valence-corrected chi connectivity index (χ3v) is 3.00. The Morgan fingerprint density at radius 2 is 2.11 bits per heavy atom. The Kier molecular flexibility index (Phi) is 4.60. The van der Waals surface area contributed by atoms with E-state index in [4.69, 9.17) is 0 Å². The molecule has 0 fully saturated rings. The van der Waals surface area contributed by atoms with Gasteiger partial charge in [-0.15, -0.1) is 0 Å². The molecule has 0 bridgehead atoms. The van der Waals surface area contributed by atoms with Crippen molar-refractivity contribution < 1.29 is 4.79 Å². The predicted octanol–water partition coefficient (Wildman–Crippen LogP) is 2.51. The highest BCUT2D eigenvalue weighted by Crippen LogP contribution is 2.17. The van der Waals surface area contributed by atoms with Crippen molar-refractivity contribution in [3.8, 4) is 11.8 Å². The van der Waals surface area contributed by atoms with E-state index in [-0.39, 0.29) is 11.8 Å². The Hall–Kier alpha value is -2.01. The number of hydrogen-bond donors (Lipinski definition) is 1. The number of benzene rings is 1. The smallest absolute Gasteiger partial charge is 0.224 e. The molecule has 0 radical (unpaired) electrons. The molecule has 2 nitrogen and oxygen atoms in total. The number of hydrogen-bond acceptors (Lipinski definition) is 1. The summed E-state index contributed by atoms with van der Waals surface area (Å²) in [7, 11) is 0. The number of amides is 1. The van der Waals surface area contributed by atoms with Crippen LogP contribution in [0.1, 0.15) is 24.8 Å². The van der Waals surface area contributed by atoms with Gasteiger partial charge in [-0.25, -0.2) is 0 Å². The van der Waals surface area contributed by atoms with E-state index in [9.17, 15) is 4.79 Å². The van der Waals surface area contributed by atoms with Crippen LogP contribution < -0.4 is 5.32 Å². The first-order valence-electron chi connectivity index (χ1n) is 6.33. The van der Waals surface area contributed by atoms with Crippen molar-refractivity contribution >= 4 is 5.91 Å². The van der Waals surface area contributed by atoms with E-state index in [1.807, 2.05) is 30.3 Å². The molecular formula is C16H17NO. The van der Waals surface area contributed by atoms with Crippen LogP contribution in [0, 0.1) is 17.8 Å². The van der Waals surface area contributed by atoms with Crippen molar-refractivity contribution in [2.75, 3.05) is 6.54 Å². The third kappa shape index (κ3) is 3.78. The zero-order valence-corrected chi connectivity index (χ0v) is 10.4. The molecule has 2 heteroatoms. The fourth-order valence-electron chi connectivity index (χ4n) is 1.98. The SMILES string of the molecule is O=C(NCC#Cc1ccccc1)[C@H]1CC=CCC1. The summed E-state index contributed by atoms with van der Waals surface area (Å²) in [5.74, 6) is 6.26. The first kappa shape index (κ1) is 12.4. The zero-order chi connectivity index (χ0) is 12.6. The van der Waals surface area contributed by atoms with E-state index in [2.05, 4.69) is 29.3 Å². The van der Waals surface area contributed by atoms with Crippen LogP contribution in [-0.2, 0) is 4.79 Å². The van der Waals surface area contributed by atoms with Crippen molar-refractivity contribution in [2.45, 2.75) is 19.3 Å². The molecule has 1 aliphatic carbocycles. The van der Waals surface area contributed by atoms with Crippen LogP contribution in [0.4, 0.5) is 0 Å². The van der Waals surface area contributed by atoms with Gasteiger partial charge >= 0.3 is 0 Å². The minimum absolute atomic E-state index is 0.127. The highest BCUT2D eigenvalue weighted by atomic mass is 16.1. The van der Waals surface area contributed by atoms with Gasteiger partial charge in [0.25, 0.3) is 0 Å². The number of carbonyl (C=O) groups excluding carboxylic acids is 1. The minimum atomic E-state index is 0.127. The van der Waals surface area contributed by atoms with Crippen LogP contribution in [0.3, 0.4) is 0 Å². The lowest BCUT2D eigenvalue weighted by Crippen LogP contribution is -2.31. The molecule has 1 atom stereocenters. The van der Waals surface area contributed by atoms with Crippen LogP contribution in [0.2, 0.25) is 0 Å². The lowest BCUT2D eigenvalue weighted by molar-refractivity contribution is -0.124. The number of carbonyl (C=O) groups is 1. The largest absolute Gasteiger partial charge is 0.345 e. The first-order chi connectivity index (χ1) is 8.86. The van der Waals surface area contributed by atoms with Gasteiger partial charge in [0, 0.05) is 11.5 Å². The first-order valence-corrected chi connectivity index (χ1v) is 6.33. The summed E-state index contributed by atoms with van der Waals surface area (Å²) in [5.41, 5.74) is 0.979. The second kappa shape index (κ2) is 6.66. The summed E-state index contributed by atoms with van der Waals surface area (Å²) in [6.45, 7) is 0.425. The summed E-state index contributed by atoms with van der Waals surface area (Å²) >= 11 is 0. The molecule has 1 aromatic rings. The van der Waals surface area contributed by atoms with Crippen molar-refractivity contribution in [1.82, 2.24) is 5.32 Å². The Labute approximate surface area is 108 Å². The fourth-order valence-corrected chi connectivity index (χ4v) is 1.98. The molecule has 0 aromatic heterocycles. The lowest BCUT2D eigenvalue weighted by atomic mass is 9.94. The summed E-state index contributed by atoms with van der Waals surface area (Å²) < 4.78 is 0. The van der Waals surface area contributed by atoms with Gasteiger partial charge in [0.2, 0.25) is 5.91 Å². The number of allylic oxidation sites excluding steroid dienone is 2. The Morgan fingerprint density at radius 3 is 2.83 bits per heavy atom. The van der Waals surface area contributed by atoms with E-state index in [0.29, 0.717) is 6.54 Å². The molecule has 0 saturated heterocycles. The van der Waals surface area contributed by atoms with Crippen molar-refractivity contribution in [3.05, 3.63) is 48.0 Å². The van der Waals surface area contributed by atoms with Gasteiger partial charge in [-0.05, 0) is 31.4 Å². The highest BCUT2D eigenvalue weighted by molar-refractivity contribution is 5.79. The van der Waals surface area contributed by atoms with E-state index in [0.717, 1.165) is 24.8 Å². The second-order valence-corrected chi connectivity index (χ2v) is 4.37. The molecule has 1 aliphatic rings. The Balaban J connectivity index is 1.77. The summed E-state index contributed by atoms with van der Waals surface area (Å²) in [6, 6.07) is 9.79. The van der Waals surface area contributed by atoms with Gasteiger partial charge in [-0.3, -0.25) is 4.79 Å². The maximum atomic E-state index is 11.8. The molecule has 92 valence electrons. The van der Waals surface area contributed by atoms with Crippen LogP contribution in [0.15, 0.2) is 42.5 Å². The standard InChI is InChI=1S/C16H17NO/c18-16(15-11-5-2-6-12-15)17-13-7-10-14-8-3-1-4-9-14/h1-5,8-9,15H,6,11-13H2,(H,17,18)/t15-/m0/s1. The average molecular weight is 239 g/mol. The molecule has 18 heavy (non-hydrogen) atoms. The molecule has 1 N–H and O–H groups in total. The van der Waals surface area contributed by atoms with Gasteiger partial charge in [0.15, 0.2) is 0 Å². The van der Waals surface area contributed by atoms with E-state index < -0.39 is 0 Å². The van der Waals surface area contributed by atoms with Crippen molar-refractivity contribution in [1.29, 1.82) is 0 Å². The zero-order valence-electron chi connectivity index (χ0n) is 10.4. The van der Waals surface area contributed by atoms with Gasteiger partial charge in [0.05, 0.1) is 6.54 Å². The topological polar surface area (TPSA) is 29.1 Å². The maximum absolute atomic E-state index is 11.8. The monoisotopic (exact) mass is 239 g/mol. The van der Waals surface area contributed by atoms with Gasteiger partial charge in [-0.1, -0.05) is 42.2 Å². The normalized spacial score (nSPS) is 17.7. The fraction of sp³-hybridized carbons (Fsp3) is 0.312. The Bertz CT molecular complexity index is 479. The molecule has 1 aromatic carbocycles. The summed E-state index contributed by atoms with van der Waals surface area (Å²) in [4.78, 5) is 11.8. The van der Waals surface area contributed by atoms with Crippen LogP contribution in [0.25, 0.3) is 0 Å². The lowest BCUT2D eigenvalue weighted by Gasteiger charge is -2.15. The van der Waals surface area contributed by atoms with Gasteiger partial charge in [0.1, 0.15) is 0 Å². The summed E-state index contributed by atoms with van der Waals surface area (Å²) in [6.07, 6.45) is 7.04.